The minimum atomic E-state index is -1.27. The van der Waals surface area contributed by atoms with Gasteiger partial charge in [0.05, 0.1) is 18.5 Å². The van der Waals surface area contributed by atoms with E-state index in [0.29, 0.717) is 5.69 Å². The molecule has 1 unspecified atom stereocenters. The number of aromatic nitrogens is 2. The van der Waals surface area contributed by atoms with Gasteiger partial charge in [-0.15, -0.1) is 6.42 Å². The van der Waals surface area contributed by atoms with Gasteiger partial charge in [-0.1, -0.05) is 5.92 Å². The third-order valence-corrected chi connectivity index (χ3v) is 2.99. The largest absolute Gasteiger partial charge is 0.393 e. The summed E-state index contributed by atoms with van der Waals surface area (Å²) in [7, 11) is 0. The number of hydrogen-bond acceptors (Lipinski definition) is 5. The Bertz CT molecular complexity index is 519. The first-order valence-corrected chi connectivity index (χ1v) is 5.97. The number of halogens is 1. The standard InChI is InChI=1S/C11H14BrN3O3/c1-3-4-15-10(17)9(12)8(5-14-15)13-6-11(2,18)7-16/h1,5,13,16,18H,4,6-7H2,2H3. The summed E-state index contributed by atoms with van der Waals surface area (Å²) >= 11 is 3.14. The van der Waals surface area contributed by atoms with Crippen LogP contribution in [0.3, 0.4) is 0 Å². The molecule has 1 atom stereocenters. The Labute approximate surface area is 113 Å². The first kappa shape index (κ1) is 14.7. The summed E-state index contributed by atoms with van der Waals surface area (Å²) in [5.41, 5.74) is -1.20. The Balaban J connectivity index is 2.90. The highest BCUT2D eigenvalue weighted by Gasteiger charge is 2.19. The maximum Gasteiger partial charge on any atom is 0.284 e. The van der Waals surface area contributed by atoms with E-state index in [9.17, 15) is 9.90 Å². The molecular weight excluding hydrogens is 302 g/mol. The first-order valence-electron chi connectivity index (χ1n) is 5.17. The van der Waals surface area contributed by atoms with Crippen LogP contribution in [0.5, 0.6) is 0 Å². The fourth-order valence-corrected chi connectivity index (χ4v) is 1.58. The number of nitrogens with zero attached hydrogens (tertiary/aromatic N) is 2. The van der Waals surface area contributed by atoms with Crippen LogP contribution in [-0.2, 0) is 6.54 Å². The average Bonchev–Trinajstić information content (AvgIpc) is 2.34. The lowest BCUT2D eigenvalue weighted by atomic mass is 10.1. The molecule has 0 aliphatic rings. The number of aliphatic hydroxyl groups excluding tert-OH is 1. The molecule has 0 fully saturated rings. The van der Waals surface area contributed by atoms with Crippen LogP contribution in [0.2, 0.25) is 0 Å². The van der Waals surface area contributed by atoms with Crippen molar-refractivity contribution in [2.45, 2.75) is 19.1 Å². The molecule has 0 radical (unpaired) electrons. The van der Waals surface area contributed by atoms with Crippen LogP contribution in [0.15, 0.2) is 15.5 Å². The van der Waals surface area contributed by atoms with Crippen LogP contribution in [-0.4, -0.2) is 38.7 Å². The molecule has 1 aromatic heterocycles. The van der Waals surface area contributed by atoms with Crippen LogP contribution in [0.25, 0.3) is 0 Å². The molecule has 1 aromatic rings. The van der Waals surface area contributed by atoms with Crippen molar-refractivity contribution in [3.05, 3.63) is 21.0 Å². The highest BCUT2D eigenvalue weighted by atomic mass is 79.9. The Morgan fingerprint density at radius 3 is 2.94 bits per heavy atom. The van der Waals surface area contributed by atoms with Crippen molar-refractivity contribution in [2.75, 3.05) is 18.5 Å². The Hall–Kier alpha value is -1.36. The van der Waals surface area contributed by atoms with E-state index >= 15 is 0 Å². The smallest absolute Gasteiger partial charge is 0.284 e. The molecule has 3 N–H and O–H groups in total. The lowest BCUT2D eigenvalue weighted by Crippen LogP contribution is -2.37. The second-order valence-electron chi connectivity index (χ2n) is 4.05. The van der Waals surface area contributed by atoms with Crippen molar-refractivity contribution in [2.24, 2.45) is 0 Å². The quantitative estimate of drug-likeness (QED) is 0.655. The van der Waals surface area contributed by atoms with Gasteiger partial charge in [0, 0.05) is 6.54 Å². The first-order chi connectivity index (χ1) is 8.41. The van der Waals surface area contributed by atoms with Gasteiger partial charge in [0.2, 0.25) is 0 Å². The van der Waals surface area contributed by atoms with E-state index in [1.165, 1.54) is 13.1 Å². The van der Waals surface area contributed by atoms with Crippen LogP contribution in [0.4, 0.5) is 5.69 Å². The van der Waals surface area contributed by atoms with E-state index in [1.807, 2.05) is 0 Å². The van der Waals surface area contributed by atoms with Gasteiger partial charge in [0.1, 0.15) is 16.6 Å². The van der Waals surface area contributed by atoms with Gasteiger partial charge in [-0.05, 0) is 22.9 Å². The van der Waals surface area contributed by atoms with Crippen molar-refractivity contribution in [1.29, 1.82) is 0 Å². The van der Waals surface area contributed by atoms with E-state index in [0.717, 1.165) is 4.68 Å². The topological polar surface area (TPSA) is 87.4 Å². The predicted octanol–water partition coefficient (Wildman–Crippen LogP) is -0.206. The summed E-state index contributed by atoms with van der Waals surface area (Å²) in [6.45, 7) is 1.26. The van der Waals surface area contributed by atoms with Gasteiger partial charge in [0.25, 0.3) is 5.56 Å². The normalized spacial score (nSPS) is 13.7. The zero-order chi connectivity index (χ0) is 13.8. The number of nitrogens with one attached hydrogen (secondary N) is 1. The van der Waals surface area contributed by atoms with Crippen molar-refractivity contribution in [3.8, 4) is 12.3 Å². The van der Waals surface area contributed by atoms with Gasteiger partial charge in [0.15, 0.2) is 0 Å². The number of hydrogen-bond donors (Lipinski definition) is 3. The molecule has 6 nitrogen and oxygen atoms in total. The third-order valence-electron chi connectivity index (χ3n) is 2.23. The van der Waals surface area contributed by atoms with Crippen molar-refractivity contribution in [1.82, 2.24) is 9.78 Å². The SMILES string of the molecule is C#CCn1ncc(NCC(C)(O)CO)c(Br)c1=O. The molecule has 1 rings (SSSR count). The number of rotatable bonds is 5. The zero-order valence-electron chi connectivity index (χ0n) is 9.85. The summed E-state index contributed by atoms with van der Waals surface area (Å²) in [6, 6.07) is 0. The second kappa shape index (κ2) is 6.00. The highest BCUT2D eigenvalue weighted by molar-refractivity contribution is 9.10. The number of terminal acetylenes is 1. The Kier molecular flexibility index (Phi) is 4.90. The van der Waals surface area contributed by atoms with E-state index in [1.54, 1.807) is 0 Å². The van der Waals surface area contributed by atoms with E-state index in [-0.39, 0.29) is 29.7 Å². The lowest BCUT2D eigenvalue weighted by molar-refractivity contribution is 0.0132. The molecule has 0 bridgehead atoms. The van der Waals surface area contributed by atoms with Gasteiger partial charge >= 0.3 is 0 Å². The van der Waals surface area contributed by atoms with E-state index < -0.39 is 5.60 Å². The average molecular weight is 316 g/mol. The molecule has 0 aliphatic heterocycles. The fraction of sp³-hybridized carbons (Fsp3) is 0.455. The molecule has 0 aromatic carbocycles. The van der Waals surface area contributed by atoms with Crippen molar-refractivity contribution in [3.63, 3.8) is 0 Å². The molecular formula is C11H14BrN3O3. The van der Waals surface area contributed by atoms with Gasteiger partial charge in [-0.25, -0.2) is 4.68 Å². The molecule has 0 saturated heterocycles. The summed E-state index contributed by atoms with van der Waals surface area (Å²) < 4.78 is 1.42. The van der Waals surface area contributed by atoms with Crippen LogP contribution in [0, 0.1) is 12.3 Å². The molecule has 18 heavy (non-hydrogen) atoms. The summed E-state index contributed by atoms with van der Waals surface area (Å²) in [6.07, 6.45) is 6.54. The minimum Gasteiger partial charge on any atom is -0.393 e. The lowest BCUT2D eigenvalue weighted by Gasteiger charge is -2.21. The zero-order valence-corrected chi connectivity index (χ0v) is 11.4. The molecule has 1 heterocycles. The summed E-state index contributed by atoms with van der Waals surface area (Å²) in [5, 5.41) is 25.2. The van der Waals surface area contributed by atoms with Gasteiger partial charge in [-0.3, -0.25) is 4.79 Å². The molecule has 0 aliphatic carbocycles. The molecule has 7 heteroatoms. The van der Waals surface area contributed by atoms with E-state index in [2.05, 4.69) is 32.3 Å². The minimum absolute atomic E-state index is 0.0857. The van der Waals surface area contributed by atoms with Crippen LogP contribution < -0.4 is 10.9 Å². The van der Waals surface area contributed by atoms with Crippen molar-refractivity contribution < 1.29 is 10.2 Å². The maximum atomic E-state index is 11.8. The molecule has 0 spiro atoms. The molecule has 98 valence electrons. The maximum absolute atomic E-state index is 11.8. The fourth-order valence-electron chi connectivity index (χ4n) is 1.13. The monoisotopic (exact) mass is 315 g/mol. The summed E-state index contributed by atoms with van der Waals surface area (Å²) in [5.74, 6) is 2.32. The van der Waals surface area contributed by atoms with Crippen molar-refractivity contribution >= 4 is 21.6 Å². The van der Waals surface area contributed by atoms with E-state index in [4.69, 9.17) is 11.5 Å². The Morgan fingerprint density at radius 2 is 2.39 bits per heavy atom. The number of aliphatic hydroxyl groups is 2. The molecule has 0 saturated carbocycles. The third kappa shape index (κ3) is 3.57. The van der Waals surface area contributed by atoms with Gasteiger partial charge in [-0.2, -0.15) is 5.10 Å². The Morgan fingerprint density at radius 1 is 1.72 bits per heavy atom. The van der Waals surface area contributed by atoms with Gasteiger partial charge < -0.3 is 15.5 Å². The second-order valence-corrected chi connectivity index (χ2v) is 4.84. The highest BCUT2D eigenvalue weighted by Crippen LogP contribution is 2.17. The molecule has 0 amide bonds. The summed E-state index contributed by atoms with van der Waals surface area (Å²) in [4.78, 5) is 11.8. The number of anilines is 1. The predicted molar refractivity (Wildman–Crippen MR) is 71.2 cm³/mol. The van der Waals surface area contributed by atoms with Crippen LogP contribution in [0.1, 0.15) is 6.92 Å². The van der Waals surface area contributed by atoms with Crippen LogP contribution >= 0.6 is 15.9 Å².